The van der Waals surface area contributed by atoms with Crippen molar-refractivity contribution < 1.29 is 18.7 Å². The molecule has 0 atom stereocenters. The van der Waals surface area contributed by atoms with Gasteiger partial charge in [0, 0.05) is 5.69 Å². The number of hydrogen-bond donors (Lipinski definition) is 1. The van der Waals surface area contributed by atoms with E-state index in [0.717, 1.165) is 0 Å². The SMILES string of the molecule is Cc1cc(N)cc(C(=O)OCCOC(C)C)c1F. The first kappa shape index (κ1) is 14.4. The molecular weight excluding hydrogens is 237 g/mol. The maximum atomic E-state index is 13.7. The third-order valence-corrected chi connectivity index (χ3v) is 2.26. The van der Waals surface area contributed by atoms with Gasteiger partial charge in [0.25, 0.3) is 0 Å². The van der Waals surface area contributed by atoms with E-state index in [-0.39, 0.29) is 24.9 Å². The lowest BCUT2D eigenvalue weighted by atomic mass is 10.1. The lowest BCUT2D eigenvalue weighted by Crippen LogP contribution is -2.15. The highest BCUT2D eigenvalue weighted by atomic mass is 19.1. The monoisotopic (exact) mass is 255 g/mol. The third-order valence-electron chi connectivity index (χ3n) is 2.26. The van der Waals surface area contributed by atoms with E-state index >= 15 is 0 Å². The summed E-state index contributed by atoms with van der Waals surface area (Å²) >= 11 is 0. The molecule has 0 unspecified atom stereocenters. The number of halogens is 1. The summed E-state index contributed by atoms with van der Waals surface area (Å²) in [6.07, 6.45) is 0.0649. The molecule has 0 aliphatic heterocycles. The number of carbonyl (C=O) groups is 1. The molecule has 0 spiro atoms. The Morgan fingerprint density at radius 1 is 1.39 bits per heavy atom. The predicted molar refractivity (Wildman–Crippen MR) is 66.9 cm³/mol. The van der Waals surface area contributed by atoms with Crippen LogP contribution in [0.1, 0.15) is 29.8 Å². The fourth-order valence-corrected chi connectivity index (χ4v) is 1.44. The Kier molecular flexibility index (Phi) is 5.09. The number of ether oxygens (including phenoxy) is 2. The van der Waals surface area contributed by atoms with Crippen LogP contribution in [0.5, 0.6) is 0 Å². The van der Waals surface area contributed by atoms with Gasteiger partial charge >= 0.3 is 5.97 Å². The molecule has 5 heteroatoms. The maximum Gasteiger partial charge on any atom is 0.341 e. The fraction of sp³-hybridized carbons (Fsp3) is 0.462. The van der Waals surface area contributed by atoms with Gasteiger partial charge in [-0.2, -0.15) is 0 Å². The lowest BCUT2D eigenvalue weighted by molar-refractivity contribution is 0.0173. The van der Waals surface area contributed by atoms with E-state index in [9.17, 15) is 9.18 Å². The van der Waals surface area contributed by atoms with E-state index in [1.807, 2.05) is 13.8 Å². The minimum atomic E-state index is -0.727. The predicted octanol–water partition coefficient (Wildman–Crippen LogP) is 2.30. The van der Waals surface area contributed by atoms with E-state index in [1.165, 1.54) is 12.1 Å². The molecule has 1 rings (SSSR count). The highest BCUT2D eigenvalue weighted by Crippen LogP contribution is 2.17. The van der Waals surface area contributed by atoms with Gasteiger partial charge in [-0.15, -0.1) is 0 Å². The van der Waals surface area contributed by atoms with Crippen LogP contribution < -0.4 is 5.73 Å². The normalized spacial score (nSPS) is 10.7. The Bertz CT molecular complexity index is 432. The van der Waals surface area contributed by atoms with Crippen molar-refractivity contribution in [2.75, 3.05) is 18.9 Å². The summed E-state index contributed by atoms with van der Waals surface area (Å²) in [6, 6.07) is 2.74. The Morgan fingerprint density at radius 2 is 2.06 bits per heavy atom. The van der Waals surface area contributed by atoms with Crippen LogP contribution in [-0.4, -0.2) is 25.3 Å². The topological polar surface area (TPSA) is 61.6 Å². The summed E-state index contributed by atoms with van der Waals surface area (Å²) in [5.74, 6) is -1.32. The van der Waals surface area contributed by atoms with E-state index in [2.05, 4.69) is 0 Å². The minimum Gasteiger partial charge on any atom is -0.460 e. The summed E-state index contributed by atoms with van der Waals surface area (Å²) < 4.78 is 23.8. The smallest absolute Gasteiger partial charge is 0.341 e. The van der Waals surface area contributed by atoms with Gasteiger partial charge in [0.15, 0.2) is 0 Å². The first-order valence-electron chi connectivity index (χ1n) is 5.76. The van der Waals surface area contributed by atoms with Crippen LogP contribution >= 0.6 is 0 Å². The van der Waals surface area contributed by atoms with Crippen LogP contribution in [0.15, 0.2) is 12.1 Å². The first-order valence-corrected chi connectivity index (χ1v) is 5.76. The molecule has 0 aliphatic carbocycles. The summed E-state index contributed by atoms with van der Waals surface area (Å²) in [4.78, 5) is 11.6. The molecule has 0 aliphatic rings. The molecule has 2 N–H and O–H groups in total. The van der Waals surface area contributed by atoms with Crippen LogP contribution in [-0.2, 0) is 9.47 Å². The van der Waals surface area contributed by atoms with E-state index in [4.69, 9.17) is 15.2 Å². The quantitative estimate of drug-likeness (QED) is 0.498. The summed E-state index contributed by atoms with van der Waals surface area (Å²) in [5, 5.41) is 0. The van der Waals surface area contributed by atoms with Gasteiger partial charge in [-0.1, -0.05) is 0 Å². The number of anilines is 1. The molecule has 0 saturated carbocycles. The number of carbonyl (C=O) groups excluding carboxylic acids is 1. The van der Waals surface area contributed by atoms with Crippen molar-refractivity contribution in [3.63, 3.8) is 0 Å². The van der Waals surface area contributed by atoms with Crippen LogP contribution in [0.2, 0.25) is 0 Å². The van der Waals surface area contributed by atoms with Crippen LogP contribution in [0.4, 0.5) is 10.1 Å². The van der Waals surface area contributed by atoms with Crippen molar-refractivity contribution in [1.29, 1.82) is 0 Å². The second-order valence-corrected chi connectivity index (χ2v) is 4.25. The zero-order valence-electron chi connectivity index (χ0n) is 10.8. The average molecular weight is 255 g/mol. The molecule has 4 nitrogen and oxygen atoms in total. The van der Waals surface area contributed by atoms with Gasteiger partial charge in [-0.3, -0.25) is 0 Å². The molecule has 0 bridgehead atoms. The number of nitrogens with two attached hydrogens (primary N) is 1. The summed E-state index contributed by atoms with van der Waals surface area (Å²) in [5.41, 5.74) is 6.07. The highest BCUT2D eigenvalue weighted by Gasteiger charge is 2.15. The van der Waals surface area contributed by atoms with Crippen molar-refractivity contribution in [2.24, 2.45) is 0 Å². The Hall–Kier alpha value is -1.62. The zero-order chi connectivity index (χ0) is 13.7. The zero-order valence-corrected chi connectivity index (χ0v) is 10.8. The fourth-order valence-electron chi connectivity index (χ4n) is 1.44. The van der Waals surface area contributed by atoms with Crippen molar-refractivity contribution in [3.8, 4) is 0 Å². The molecule has 0 aromatic heterocycles. The number of nitrogen functional groups attached to an aromatic ring is 1. The molecule has 0 radical (unpaired) electrons. The van der Waals surface area contributed by atoms with Crippen molar-refractivity contribution in [2.45, 2.75) is 26.9 Å². The van der Waals surface area contributed by atoms with Gasteiger partial charge in [0.1, 0.15) is 12.4 Å². The number of rotatable bonds is 5. The number of benzene rings is 1. The molecule has 100 valence electrons. The molecule has 18 heavy (non-hydrogen) atoms. The molecule has 0 heterocycles. The Balaban J connectivity index is 2.62. The van der Waals surface area contributed by atoms with E-state index in [0.29, 0.717) is 11.3 Å². The van der Waals surface area contributed by atoms with Crippen molar-refractivity contribution >= 4 is 11.7 Å². The van der Waals surface area contributed by atoms with Crippen LogP contribution in [0.3, 0.4) is 0 Å². The van der Waals surface area contributed by atoms with Gasteiger partial charge in [-0.05, 0) is 38.5 Å². The molecule has 0 saturated heterocycles. The number of aryl methyl sites for hydroxylation is 1. The van der Waals surface area contributed by atoms with Crippen LogP contribution in [0, 0.1) is 12.7 Å². The minimum absolute atomic E-state index is 0.0649. The Morgan fingerprint density at radius 3 is 2.67 bits per heavy atom. The average Bonchev–Trinajstić information content (AvgIpc) is 2.28. The van der Waals surface area contributed by atoms with Gasteiger partial charge < -0.3 is 15.2 Å². The number of hydrogen-bond acceptors (Lipinski definition) is 4. The maximum absolute atomic E-state index is 13.7. The third kappa shape index (κ3) is 4.00. The second-order valence-electron chi connectivity index (χ2n) is 4.25. The lowest BCUT2D eigenvalue weighted by Gasteiger charge is -2.10. The number of esters is 1. The van der Waals surface area contributed by atoms with E-state index in [1.54, 1.807) is 6.92 Å². The van der Waals surface area contributed by atoms with Crippen molar-refractivity contribution in [1.82, 2.24) is 0 Å². The van der Waals surface area contributed by atoms with Gasteiger partial charge in [0.05, 0.1) is 18.3 Å². The standard InChI is InChI=1S/C13H18FNO3/c1-8(2)17-4-5-18-13(16)11-7-10(15)6-9(3)12(11)14/h6-8H,4-5,15H2,1-3H3. The van der Waals surface area contributed by atoms with Gasteiger partial charge in [0.2, 0.25) is 0 Å². The molecule has 1 aromatic carbocycles. The molecular formula is C13H18FNO3. The molecule has 0 amide bonds. The van der Waals surface area contributed by atoms with Crippen molar-refractivity contribution in [3.05, 3.63) is 29.1 Å². The summed E-state index contributed by atoms with van der Waals surface area (Å²) in [6.45, 7) is 5.67. The second kappa shape index (κ2) is 6.35. The summed E-state index contributed by atoms with van der Waals surface area (Å²) in [7, 11) is 0. The molecule has 0 fully saturated rings. The van der Waals surface area contributed by atoms with Gasteiger partial charge in [-0.25, -0.2) is 9.18 Å². The Labute approximate surface area is 106 Å². The largest absolute Gasteiger partial charge is 0.460 e. The molecule has 1 aromatic rings. The first-order chi connectivity index (χ1) is 8.41. The van der Waals surface area contributed by atoms with E-state index < -0.39 is 11.8 Å². The van der Waals surface area contributed by atoms with Crippen LogP contribution in [0.25, 0.3) is 0 Å². The highest BCUT2D eigenvalue weighted by molar-refractivity contribution is 5.91.